The molecule has 6 nitrogen and oxygen atoms in total. The van der Waals surface area contributed by atoms with Gasteiger partial charge in [-0.2, -0.15) is 0 Å². The van der Waals surface area contributed by atoms with E-state index in [-0.39, 0.29) is 12.3 Å². The van der Waals surface area contributed by atoms with Gasteiger partial charge in [0, 0.05) is 17.8 Å². The molecule has 0 radical (unpaired) electrons. The van der Waals surface area contributed by atoms with Crippen LogP contribution >= 0.6 is 0 Å². The van der Waals surface area contributed by atoms with Crippen molar-refractivity contribution in [2.24, 2.45) is 5.92 Å². The Bertz CT molecular complexity index is 474. The molecule has 0 saturated carbocycles. The van der Waals surface area contributed by atoms with Crippen LogP contribution in [0.1, 0.15) is 20.3 Å². The first-order chi connectivity index (χ1) is 9.42. The van der Waals surface area contributed by atoms with Crippen LogP contribution in [0.25, 0.3) is 0 Å². The van der Waals surface area contributed by atoms with E-state index in [4.69, 9.17) is 9.84 Å². The molecule has 0 spiro atoms. The van der Waals surface area contributed by atoms with Gasteiger partial charge in [-0.05, 0) is 18.1 Å². The zero-order valence-corrected chi connectivity index (χ0v) is 11.8. The summed E-state index contributed by atoms with van der Waals surface area (Å²) in [7, 11) is 1.54. The molecule has 0 aliphatic heterocycles. The SMILES string of the molecule is COc1cccc(NC(=O)NC(CC(=O)O)C(C)C)c1. The third-order valence-corrected chi connectivity index (χ3v) is 2.84. The van der Waals surface area contributed by atoms with E-state index in [1.807, 2.05) is 13.8 Å². The van der Waals surface area contributed by atoms with Gasteiger partial charge in [-0.25, -0.2) is 4.79 Å². The second-order valence-electron chi connectivity index (χ2n) is 4.78. The Hall–Kier alpha value is -2.24. The van der Waals surface area contributed by atoms with Crippen LogP contribution in [0.5, 0.6) is 5.75 Å². The summed E-state index contributed by atoms with van der Waals surface area (Å²) in [6.07, 6.45) is -0.108. The minimum atomic E-state index is -0.939. The molecule has 3 N–H and O–H groups in total. The van der Waals surface area contributed by atoms with Gasteiger partial charge < -0.3 is 20.5 Å². The summed E-state index contributed by atoms with van der Waals surface area (Å²) < 4.78 is 5.06. The molecule has 1 aromatic rings. The molecule has 1 aromatic carbocycles. The second-order valence-corrected chi connectivity index (χ2v) is 4.78. The van der Waals surface area contributed by atoms with Gasteiger partial charge in [0.1, 0.15) is 5.75 Å². The minimum absolute atomic E-state index is 0.0298. The lowest BCUT2D eigenvalue weighted by atomic mass is 10.0. The van der Waals surface area contributed by atoms with E-state index in [1.165, 1.54) is 0 Å². The van der Waals surface area contributed by atoms with E-state index in [1.54, 1.807) is 31.4 Å². The van der Waals surface area contributed by atoms with E-state index in [9.17, 15) is 9.59 Å². The molecule has 0 aliphatic carbocycles. The largest absolute Gasteiger partial charge is 0.497 e. The van der Waals surface area contributed by atoms with Crippen molar-refractivity contribution >= 4 is 17.7 Å². The molecule has 0 heterocycles. The summed E-state index contributed by atoms with van der Waals surface area (Å²) in [5, 5.41) is 14.1. The molecule has 110 valence electrons. The number of benzene rings is 1. The molecule has 20 heavy (non-hydrogen) atoms. The fourth-order valence-electron chi connectivity index (χ4n) is 1.68. The van der Waals surface area contributed by atoms with Gasteiger partial charge in [-0.1, -0.05) is 19.9 Å². The first-order valence-electron chi connectivity index (χ1n) is 6.35. The molecule has 0 bridgehead atoms. The highest BCUT2D eigenvalue weighted by atomic mass is 16.5. The topological polar surface area (TPSA) is 87.7 Å². The Morgan fingerprint density at radius 2 is 2.05 bits per heavy atom. The molecule has 1 unspecified atom stereocenters. The molecule has 0 aromatic heterocycles. The first-order valence-corrected chi connectivity index (χ1v) is 6.35. The summed E-state index contributed by atoms with van der Waals surface area (Å²) in [5.74, 6) is -0.277. The van der Waals surface area contributed by atoms with Gasteiger partial charge in [0.2, 0.25) is 0 Å². The fourth-order valence-corrected chi connectivity index (χ4v) is 1.68. The number of carbonyl (C=O) groups is 2. The monoisotopic (exact) mass is 280 g/mol. The molecule has 0 aliphatic rings. The number of hydrogen-bond acceptors (Lipinski definition) is 3. The molecular weight excluding hydrogens is 260 g/mol. The minimum Gasteiger partial charge on any atom is -0.497 e. The summed E-state index contributed by atoms with van der Waals surface area (Å²) in [6.45, 7) is 3.72. The molecule has 2 amide bonds. The van der Waals surface area contributed by atoms with Crippen LogP contribution in [-0.4, -0.2) is 30.3 Å². The smallest absolute Gasteiger partial charge is 0.319 e. The molecule has 0 saturated heterocycles. The third kappa shape index (κ3) is 5.17. The summed E-state index contributed by atoms with van der Waals surface area (Å²) in [4.78, 5) is 22.6. The highest BCUT2D eigenvalue weighted by molar-refractivity contribution is 5.90. The van der Waals surface area contributed by atoms with E-state index < -0.39 is 18.0 Å². The van der Waals surface area contributed by atoms with Crippen LogP contribution in [0, 0.1) is 5.92 Å². The lowest BCUT2D eigenvalue weighted by molar-refractivity contribution is -0.137. The molecule has 6 heteroatoms. The third-order valence-electron chi connectivity index (χ3n) is 2.84. The Morgan fingerprint density at radius 1 is 1.35 bits per heavy atom. The van der Waals surface area contributed by atoms with Crippen molar-refractivity contribution in [3.8, 4) is 5.75 Å². The lowest BCUT2D eigenvalue weighted by Crippen LogP contribution is -2.42. The summed E-state index contributed by atoms with van der Waals surface area (Å²) in [5.41, 5.74) is 0.583. The number of hydrogen-bond donors (Lipinski definition) is 3. The fraction of sp³-hybridized carbons (Fsp3) is 0.429. The van der Waals surface area contributed by atoms with Crippen molar-refractivity contribution in [3.63, 3.8) is 0 Å². The van der Waals surface area contributed by atoms with Crippen LogP contribution in [0.2, 0.25) is 0 Å². The number of urea groups is 1. The number of anilines is 1. The standard InChI is InChI=1S/C14H20N2O4/c1-9(2)12(8-13(17)18)16-14(19)15-10-5-4-6-11(7-10)20-3/h4-7,9,12H,8H2,1-3H3,(H,17,18)(H2,15,16,19). The van der Waals surface area contributed by atoms with E-state index in [2.05, 4.69) is 10.6 Å². The van der Waals surface area contributed by atoms with Crippen molar-refractivity contribution in [3.05, 3.63) is 24.3 Å². The lowest BCUT2D eigenvalue weighted by Gasteiger charge is -2.20. The average molecular weight is 280 g/mol. The highest BCUT2D eigenvalue weighted by Gasteiger charge is 2.19. The molecule has 1 atom stereocenters. The maximum atomic E-state index is 11.9. The number of carboxylic acid groups (broad SMARTS) is 1. The first kappa shape index (κ1) is 15.8. The zero-order chi connectivity index (χ0) is 15.1. The van der Waals surface area contributed by atoms with Gasteiger partial charge in [-0.15, -0.1) is 0 Å². The van der Waals surface area contributed by atoms with Crippen LogP contribution < -0.4 is 15.4 Å². The summed E-state index contributed by atoms with van der Waals surface area (Å²) >= 11 is 0. The predicted molar refractivity (Wildman–Crippen MR) is 76.0 cm³/mol. The Kier molecular flexibility index (Phi) is 5.83. The van der Waals surface area contributed by atoms with Crippen LogP contribution in [-0.2, 0) is 4.79 Å². The number of carbonyl (C=O) groups excluding carboxylic acids is 1. The molecular formula is C14H20N2O4. The van der Waals surface area contributed by atoms with E-state index >= 15 is 0 Å². The number of ether oxygens (including phenoxy) is 1. The van der Waals surface area contributed by atoms with Crippen LogP contribution in [0.15, 0.2) is 24.3 Å². The van der Waals surface area contributed by atoms with Crippen molar-refractivity contribution in [2.45, 2.75) is 26.3 Å². The van der Waals surface area contributed by atoms with Gasteiger partial charge in [0.15, 0.2) is 0 Å². The second kappa shape index (κ2) is 7.37. The van der Waals surface area contributed by atoms with Crippen LogP contribution in [0.3, 0.4) is 0 Å². The van der Waals surface area contributed by atoms with Crippen molar-refractivity contribution in [2.75, 3.05) is 12.4 Å². The van der Waals surface area contributed by atoms with Gasteiger partial charge in [0.25, 0.3) is 0 Å². The number of carboxylic acids is 1. The number of aliphatic carboxylic acids is 1. The summed E-state index contributed by atoms with van der Waals surface area (Å²) in [6, 6.07) is 6.08. The van der Waals surface area contributed by atoms with Crippen molar-refractivity contribution in [1.82, 2.24) is 5.32 Å². The Labute approximate surface area is 118 Å². The van der Waals surface area contributed by atoms with Crippen molar-refractivity contribution < 1.29 is 19.4 Å². The van der Waals surface area contributed by atoms with E-state index in [0.717, 1.165) is 0 Å². The predicted octanol–water partition coefficient (Wildman–Crippen LogP) is 2.32. The number of rotatable bonds is 6. The molecule has 0 fully saturated rings. The highest BCUT2D eigenvalue weighted by Crippen LogP contribution is 2.16. The Morgan fingerprint density at radius 3 is 2.60 bits per heavy atom. The van der Waals surface area contributed by atoms with Gasteiger partial charge in [-0.3, -0.25) is 4.79 Å². The van der Waals surface area contributed by atoms with Crippen LogP contribution in [0.4, 0.5) is 10.5 Å². The number of methoxy groups -OCH3 is 1. The normalized spacial score (nSPS) is 11.8. The Balaban J connectivity index is 2.62. The quantitative estimate of drug-likeness (QED) is 0.746. The number of amides is 2. The molecule has 1 rings (SSSR count). The van der Waals surface area contributed by atoms with Crippen molar-refractivity contribution in [1.29, 1.82) is 0 Å². The number of nitrogens with one attached hydrogen (secondary N) is 2. The zero-order valence-electron chi connectivity index (χ0n) is 11.8. The average Bonchev–Trinajstić information content (AvgIpc) is 2.37. The van der Waals surface area contributed by atoms with E-state index in [0.29, 0.717) is 11.4 Å². The van der Waals surface area contributed by atoms with Gasteiger partial charge in [0.05, 0.1) is 13.5 Å². The maximum absolute atomic E-state index is 11.9. The van der Waals surface area contributed by atoms with Gasteiger partial charge >= 0.3 is 12.0 Å². The maximum Gasteiger partial charge on any atom is 0.319 e.